The SMILES string of the molecule is CCCn1c(C(=O)NC(C)C)cc2ccc(F)cc2c1=O. The lowest BCUT2D eigenvalue weighted by Gasteiger charge is -2.15. The number of fused-ring (bicyclic) bond motifs is 1. The molecule has 21 heavy (non-hydrogen) atoms. The highest BCUT2D eigenvalue weighted by atomic mass is 19.1. The van der Waals surface area contributed by atoms with Crippen molar-refractivity contribution in [1.82, 2.24) is 9.88 Å². The van der Waals surface area contributed by atoms with E-state index in [0.717, 1.165) is 0 Å². The Morgan fingerprint density at radius 1 is 1.33 bits per heavy atom. The minimum atomic E-state index is -0.456. The summed E-state index contributed by atoms with van der Waals surface area (Å²) in [5.74, 6) is -0.746. The maximum Gasteiger partial charge on any atom is 0.268 e. The average Bonchev–Trinajstić information content (AvgIpc) is 2.41. The Labute approximate surface area is 122 Å². The summed E-state index contributed by atoms with van der Waals surface area (Å²) in [6.45, 7) is 6.06. The average molecular weight is 290 g/mol. The van der Waals surface area contributed by atoms with Gasteiger partial charge in [0.15, 0.2) is 0 Å². The molecular formula is C16H19FN2O2. The first-order valence-corrected chi connectivity index (χ1v) is 7.08. The fourth-order valence-corrected chi connectivity index (χ4v) is 2.29. The van der Waals surface area contributed by atoms with Crippen LogP contribution in [-0.4, -0.2) is 16.5 Å². The smallest absolute Gasteiger partial charge is 0.268 e. The largest absolute Gasteiger partial charge is 0.349 e. The fraction of sp³-hybridized carbons (Fsp3) is 0.375. The van der Waals surface area contributed by atoms with Crippen LogP contribution in [0, 0.1) is 5.82 Å². The summed E-state index contributed by atoms with van der Waals surface area (Å²) in [7, 11) is 0. The van der Waals surface area contributed by atoms with Crippen molar-refractivity contribution in [2.75, 3.05) is 0 Å². The quantitative estimate of drug-likeness (QED) is 0.941. The number of amides is 1. The molecule has 1 aromatic heterocycles. The number of rotatable bonds is 4. The summed E-state index contributed by atoms with van der Waals surface area (Å²) in [6, 6.07) is 5.65. The molecule has 0 saturated carbocycles. The lowest BCUT2D eigenvalue weighted by atomic mass is 10.1. The molecule has 1 heterocycles. The summed E-state index contributed by atoms with van der Waals surface area (Å²) in [4.78, 5) is 24.8. The first-order valence-electron chi connectivity index (χ1n) is 7.08. The van der Waals surface area contributed by atoms with Crippen LogP contribution in [0.3, 0.4) is 0 Å². The minimum absolute atomic E-state index is 0.0217. The third-order valence-electron chi connectivity index (χ3n) is 3.17. The molecule has 0 unspecified atom stereocenters. The van der Waals surface area contributed by atoms with E-state index in [1.165, 1.54) is 22.8 Å². The standard InChI is InChI=1S/C16H19FN2O2/c1-4-7-19-14(15(20)18-10(2)3)8-11-5-6-12(17)9-13(11)16(19)21/h5-6,8-10H,4,7H2,1-3H3,(H,18,20). The molecule has 0 atom stereocenters. The normalized spacial score (nSPS) is 11.1. The zero-order valence-electron chi connectivity index (χ0n) is 12.4. The van der Waals surface area contributed by atoms with Crippen molar-refractivity contribution >= 4 is 16.7 Å². The van der Waals surface area contributed by atoms with Gasteiger partial charge in [0.2, 0.25) is 0 Å². The number of pyridine rings is 1. The molecule has 2 aromatic rings. The molecule has 4 nitrogen and oxygen atoms in total. The molecule has 0 bridgehead atoms. The molecule has 1 aromatic carbocycles. The van der Waals surface area contributed by atoms with Gasteiger partial charge < -0.3 is 9.88 Å². The molecule has 1 amide bonds. The highest BCUT2D eigenvalue weighted by Crippen LogP contribution is 2.14. The van der Waals surface area contributed by atoms with Crippen molar-refractivity contribution in [3.63, 3.8) is 0 Å². The van der Waals surface area contributed by atoms with Gasteiger partial charge in [-0.15, -0.1) is 0 Å². The van der Waals surface area contributed by atoms with Crippen molar-refractivity contribution in [3.05, 3.63) is 46.1 Å². The number of nitrogens with one attached hydrogen (secondary N) is 1. The van der Waals surface area contributed by atoms with Crippen LogP contribution < -0.4 is 10.9 Å². The Morgan fingerprint density at radius 2 is 2.05 bits per heavy atom. The molecule has 1 N–H and O–H groups in total. The second-order valence-electron chi connectivity index (χ2n) is 5.35. The van der Waals surface area contributed by atoms with Gasteiger partial charge in [0.1, 0.15) is 11.5 Å². The van der Waals surface area contributed by atoms with Gasteiger partial charge in [-0.2, -0.15) is 0 Å². The van der Waals surface area contributed by atoms with E-state index in [1.807, 2.05) is 20.8 Å². The molecule has 0 saturated heterocycles. The van der Waals surface area contributed by atoms with E-state index in [4.69, 9.17) is 0 Å². The van der Waals surface area contributed by atoms with Crippen LogP contribution in [0.5, 0.6) is 0 Å². The number of carbonyl (C=O) groups is 1. The maximum absolute atomic E-state index is 13.3. The first-order chi connectivity index (χ1) is 9.93. The van der Waals surface area contributed by atoms with Crippen molar-refractivity contribution in [2.45, 2.75) is 39.8 Å². The van der Waals surface area contributed by atoms with Crippen molar-refractivity contribution in [3.8, 4) is 0 Å². The van der Waals surface area contributed by atoms with E-state index in [-0.39, 0.29) is 17.5 Å². The molecule has 0 aliphatic rings. The lowest BCUT2D eigenvalue weighted by Crippen LogP contribution is -2.35. The molecule has 0 aliphatic carbocycles. The second kappa shape index (κ2) is 6.08. The Kier molecular flexibility index (Phi) is 4.40. The summed E-state index contributed by atoms with van der Waals surface area (Å²) < 4.78 is 14.8. The van der Waals surface area contributed by atoms with Crippen LogP contribution in [0.2, 0.25) is 0 Å². The van der Waals surface area contributed by atoms with E-state index < -0.39 is 5.82 Å². The number of carbonyl (C=O) groups excluding carboxylic acids is 1. The maximum atomic E-state index is 13.3. The predicted molar refractivity (Wildman–Crippen MR) is 81.1 cm³/mol. The summed E-state index contributed by atoms with van der Waals surface area (Å²) in [5.41, 5.74) is -0.0163. The lowest BCUT2D eigenvalue weighted by molar-refractivity contribution is 0.0932. The first kappa shape index (κ1) is 15.2. The van der Waals surface area contributed by atoms with Crippen molar-refractivity contribution in [2.24, 2.45) is 0 Å². The van der Waals surface area contributed by atoms with Gasteiger partial charge in [0.05, 0.1) is 5.39 Å². The number of halogens is 1. The van der Waals surface area contributed by atoms with E-state index in [0.29, 0.717) is 29.4 Å². The molecule has 112 valence electrons. The van der Waals surface area contributed by atoms with Crippen molar-refractivity contribution in [1.29, 1.82) is 0 Å². The van der Waals surface area contributed by atoms with Crippen molar-refractivity contribution < 1.29 is 9.18 Å². The number of hydrogen-bond acceptors (Lipinski definition) is 2. The number of benzene rings is 1. The van der Waals surface area contributed by atoms with Crippen LogP contribution in [0.4, 0.5) is 4.39 Å². The van der Waals surface area contributed by atoms with Crippen LogP contribution in [-0.2, 0) is 6.54 Å². The highest BCUT2D eigenvalue weighted by molar-refractivity contribution is 5.96. The topological polar surface area (TPSA) is 51.1 Å². The van der Waals surface area contributed by atoms with Gasteiger partial charge in [-0.3, -0.25) is 9.59 Å². The zero-order valence-corrected chi connectivity index (χ0v) is 12.4. The minimum Gasteiger partial charge on any atom is -0.349 e. The molecule has 5 heteroatoms. The molecule has 0 fully saturated rings. The van der Waals surface area contributed by atoms with E-state index in [2.05, 4.69) is 5.32 Å². The van der Waals surface area contributed by atoms with Crippen LogP contribution in [0.15, 0.2) is 29.1 Å². The van der Waals surface area contributed by atoms with Gasteiger partial charge in [-0.25, -0.2) is 4.39 Å². The van der Waals surface area contributed by atoms with Gasteiger partial charge in [-0.05, 0) is 43.9 Å². The van der Waals surface area contributed by atoms with Gasteiger partial charge in [0.25, 0.3) is 11.5 Å². The summed E-state index contributed by atoms with van der Waals surface area (Å²) in [6.07, 6.45) is 0.711. The Morgan fingerprint density at radius 3 is 2.67 bits per heavy atom. The van der Waals surface area contributed by atoms with Gasteiger partial charge >= 0.3 is 0 Å². The predicted octanol–water partition coefficient (Wildman–Crippen LogP) is 2.69. The van der Waals surface area contributed by atoms with E-state index >= 15 is 0 Å². The highest BCUT2D eigenvalue weighted by Gasteiger charge is 2.16. The monoisotopic (exact) mass is 290 g/mol. The van der Waals surface area contributed by atoms with E-state index in [9.17, 15) is 14.0 Å². The Hall–Kier alpha value is -2.17. The fourth-order valence-electron chi connectivity index (χ4n) is 2.29. The van der Waals surface area contributed by atoms with Crippen LogP contribution >= 0.6 is 0 Å². The molecule has 0 radical (unpaired) electrons. The Bertz CT molecular complexity index is 735. The number of nitrogens with zero attached hydrogens (tertiary/aromatic N) is 1. The summed E-state index contributed by atoms with van der Waals surface area (Å²) in [5, 5.41) is 3.66. The molecule has 0 spiro atoms. The molecular weight excluding hydrogens is 271 g/mol. The zero-order chi connectivity index (χ0) is 15.6. The Balaban J connectivity index is 2.68. The van der Waals surface area contributed by atoms with Crippen LogP contribution in [0.25, 0.3) is 10.8 Å². The van der Waals surface area contributed by atoms with Crippen LogP contribution in [0.1, 0.15) is 37.7 Å². The number of hydrogen-bond donors (Lipinski definition) is 1. The third kappa shape index (κ3) is 3.12. The summed E-state index contributed by atoms with van der Waals surface area (Å²) >= 11 is 0. The molecule has 0 aliphatic heterocycles. The van der Waals surface area contributed by atoms with Gasteiger partial charge in [0, 0.05) is 12.6 Å². The molecule has 2 rings (SSSR count). The number of aromatic nitrogens is 1. The second-order valence-corrected chi connectivity index (χ2v) is 5.35. The third-order valence-corrected chi connectivity index (χ3v) is 3.17. The van der Waals surface area contributed by atoms with Gasteiger partial charge in [-0.1, -0.05) is 13.0 Å². The van der Waals surface area contributed by atoms with E-state index in [1.54, 1.807) is 6.07 Å².